The molecular weight excluding hydrogens is 252 g/mol. The molecule has 0 aliphatic carbocycles. The first kappa shape index (κ1) is 16.5. The highest BCUT2D eigenvalue weighted by atomic mass is 16.6. The Bertz CT molecular complexity index is 415. The molecule has 1 aromatic carbocycles. The Hall–Kier alpha value is -1.51. The maximum Gasteiger partial charge on any atom is 0.306 e. The van der Waals surface area contributed by atoms with Gasteiger partial charge in [0.15, 0.2) is 0 Å². The molecule has 0 aliphatic rings. The number of hydrogen-bond acceptors (Lipinski definition) is 3. The number of ether oxygens (including phenoxy) is 2. The van der Waals surface area contributed by atoms with Crippen LogP contribution in [0, 0.1) is 0 Å². The van der Waals surface area contributed by atoms with Crippen molar-refractivity contribution >= 4 is 5.97 Å². The number of benzene rings is 1. The molecule has 0 spiro atoms. The molecule has 0 aromatic heterocycles. The average molecular weight is 278 g/mol. The summed E-state index contributed by atoms with van der Waals surface area (Å²) < 4.78 is 10.9. The SMILES string of the molecule is CCCC(=O)O[C@H](C)COc1ccc(C(C)(C)C)cc1. The van der Waals surface area contributed by atoms with Crippen molar-refractivity contribution < 1.29 is 14.3 Å². The lowest BCUT2D eigenvalue weighted by atomic mass is 9.87. The van der Waals surface area contributed by atoms with Crippen LogP contribution in [0.25, 0.3) is 0 Å². The van der Waals surface area contributed by atoms with E-state index < -0.39 is 0 Å². The minimum atomic E-state index is -0.226. The Morgan fingerprint density at radius 2 is 1.80 bits per heavy atom. The Morgan fingerprint density at radius 1 is 1.20 bits per heavy atom. The zero-order chi connectivity index (χ0) is 15.2. The molecule has 3 nitrogen and oxygen atoms in total. The van der Waals surface area contributed by atoms with Crippen LogP contribution in [0.15, 0.2) is 24.3 Å². The lowest BCUT2D eigenvalue weighted by molar-refractivity contribution is -0.149. The molecule has 1 rings (SSSR count). The van der Waals surface area contributed by atoms with E-state index in [1.165, 1.54) is 5.56 Å². The van der Waals surface area contributed by atoms with Crippen molar-refractivity contribution in [1.82, 2.24) is 0 Å². The van der Waals surface area contributed by atoms with Crippen LogP contribution < -0.4 is 4.74 Å². The first-order valence-electron chi connectivity index (χ1n) is 7.25. The van der Waals surface area contributed by atoms with Gasteiger partial charge in [-0.15, -0.1) is 0 Å². The summed E-state index contributed by atoms with van der Waals surface area (Å²) >= 11 is 0. The van der Waals surface area contributed by atoms with Crippen LogP contribution in [0.4, 0.5) is 0 Å². The number of hydrogen-bond donors (Lipinski definition) is 0. The maximum absolute atomic E-state index is 11.3. The van der Waals surface area contributed by atoms with Gasteiger partial charge in [-0.2, -0.15) is 0 Å². The van der Waals surface area contributed by atoms with Gasteiger partial charge in [0, 0.05) is 6.42 Å². The summed E-state index contributed by atoms with van der Waals surface area (Å²) in [5, 5.41) is 0. The lowest BCUT2D eigenvalue weighted by Gasteiger charge is -2.19. The summed E-state index contributed by atoms with van der Waals surface area (Å²) in [5.74, 6) is 0.642. The summed E-state index contributed by atoms with van der Waals surface area (Å²) in [6.07, 6.45) is 1.04. The van der Waals surface area contributed by atoms with E-state index in [0.29, 0.717) is 13.0 Å². The van der Waals surface area contributed by atoms with Crippen molar-refractivity contribution in [3.63, 3.8) is 0 Å². The molecule has 3 heteroatoms. The minimum absolute atomic E-state index is 0.140. The molecule has 0 unspecified atom stereocenters. The van der Waals surface area contributed by atoms with E-state index in [1.54, 1.807) is 0 Å². The van der Waals surface area contributed by atoms with Crippen LogP contribution in [0.2, 0.25) is 0 Å². The highest BCUT2D eigenvalue weighted by Gasteiger charge is 2.13. The molecule has 0 aliphatic heterocycles. The molecule has 0 bridgehead atoms. The van der Waals surface area contributed by atoms with Crippen LogP contribution in [0.1, 0.15) is 53.0 Å². The van der Waals surface area contributed by atoms with Gasteiger partial charge in [0.05, 0.1) is 0 Å². The van der Waals surface area contributed by atoms with Gasteiger partial charge in [-0.1, -0.05) is 39.8 Å². The fourth-order valence-corrected chi connectivity index (χ4v) is 1.79. The van der Waals surface area contributed by atoms with Crippen LogP contribution in [-0.2, 0) is 14.9 Å². The molecule has 0 radical (unpaired) electrons. The van der Waals surface area contributed by atoms with Gasteiger partial charge < -0.3 is 9.47 Å². The van der Waals surface area contributed by atoms with Crippen LogP contribution in [-0.4, -0.2) is 18.7 Å². The molecule has 112 valence electrons. The van der Waals surface area contributed by atoms with Crippen LogP contribution >= 0.6 is 0 Å². The second kappa shape index (κ2) is 7.32. The number of carbonyl (C=O) groups is 1. The van der Waals surface area contributed by atoms with Crippen molar-refractivity contribution in [3.05, 3.63) is 29.8 Å². The monoisotopic (exact) mass is 278 g/mol. The third-order valence-electron chi connectivity index (χ3n) is 2.99. The molecular formula is C17H26O3. The fourth-order valence-electron chi connectivity index (χ4n) is 1.79. The van der Waals surface area contributed by atoms with Crippen LogP contribution in [0.5, 0.6) is 5.75 Å². The van der Waals surface area contributed by atoms with Gasteiger partial charge in [-0.25, -0.2) is 0 Å². The van der Waals surface area contributed by atoms with Crippen molar-refractivity contribution in [3.8, 4) is 5.75 Å². The number of esters is 1. The fraction of sp³-hybridized carbons (Fsp3) is 0.588. The largest absolute Gasteiger partial charge is 0.490 e. The van der Waals surface area contributed by atoms with Crippen molar-refractivity contribution in [2.24, 2.45) is 0 Å². The highest BCUT2D eigenvalue weighted by molar-refractivity contribution is 5.69. The summed E-state index contributed by atoms with van der Waals surface area (Å²) in [6.45, 7) is 10.7. The molecule has 1 atom stereocenters. The van der Waals surface area contributed by atoms with Crippen molar-refractivity contribution in [2.45, 2.75) is 59.0 Å². The summed E-state index contributed by atoms with van der Waals surface area (Å²) in [4.78, 5) is 11.3. The smallest absolute Gasteiger partial charge is 0.306 e. The summed E-state index contributed by atoms with van der Waals surface area (Å²) in [6, 6.07) is 8.06. The first-order chi connectivity index (χ1) is 9.32. The molecule has 0 N–H and O–H groups in total. The molecule has 20 heavy (non-hydrogen) atoms. The second-order valence-corrected chi connectivity index (χ2v) is 6.14. The van der Waals surface area contributed by atoms with E-state index in [4.69, 9.17) is 9.47 Å². The number of carbonyl (C=O) groups excluding carboxylic acids is 1. The predicted octanol–water partition coefficient (Wildman–Crippen LogP) is 4.09. The highest BCUT2D eigenvalue weighted by Crippen LogP contribution is 2.24. The average Bonchev–Trinajstić information content (AvgIpc) is 2.36. The predicted molar refractivity (Wildman–Crippen MR) is 81.1 cm³/mol. The normalized spacial score (nSPS) is 12.8. The molecule has 0 heterocycles. The van der Waals surface area contributed by atoms with Crippen molar-refractivity contribution in [2.75, 3.05) is 6.61 Å². The lowest BCUT2D eigenvalue weighted by Crippen LogP contribution is -2.21. The first-order valence-corrected chi connectivity index (χ1v) is 7.25. The molecule has 0 saturated carbocycles. The van der Waals surface area contributed by atoms with Gasteiger partial charge in [0.25, 0.3) is 0 Å². The van der Waals surface area contributed by atoms with E-state index in [-0.39, 0.29) is 17.5 Å². The second-order valence-electron chi connectivity index (χ2n) is 6.14. The van der Waals surface area contributed by atoms with E-state index in [9.17, 15) is 4.79 Å². The summed E-state index contributed by atoms with van der Waals surface area (Å²) in [5.41, 5.74) is 1.41. The Balaban J connectivity index is 2.44. The standard InChI is InChI=1S/C17H26O3/c1-6-7-16(18)20-13(2)12-19-15-10-8-14(9-11-15)17(3,4)5/h8-11,13H,6-7,12H2,1-5H3/t13-/m1/s1. The van der Waals surface area contributed by atoms with Crippen LogP contribution in [0.3, 0.4) is 0 Å². The molecule has 0 amide bonds. The number of rotatable bonds is 6. The van der Waals surface area contributed by atoms with E-state index in [2.05, 4.69) is 32.9 Å². The minimum Gasteiger partial charge on any atom is -0.490 e. The Morgan fingerprint density at radius 3 is 2.30 bits per heavy atom. The quantitative estimate of drug-likeness (QED) is 0.735. The van der Waals surface area contributed by atoms with E-state index in [0.717, 1.165) is 12.2 Å². The Labute approximate surface area is 122 Å². The molecule has 0 saturated heterocycles. The zero-order valence-electron chi connectivity index (χ0n) is 13.2. The maximum atomic E-state index is 11.3. The van der Waals surface area contributed by atoms with Gasteiger partial charge in [-0.3, -0.25) is 4.79 Å². The van der Waals surface area contributed by atoms with Gasteiger partial charge >= 0.3 is 5.97 Å². The molecule has 1 aromatic rings. The third-order valence-corrected chi connectivity index (χ3v) is 2.99. The summed E-state index contributed by atoms with van der Waals surface area (Å²) in [7, 11) is 0. The topological polar surface area (TPSA) is 35.5 Å². The van der Waals surface area contributed by atoms with Crippen molar-refractivity contribution in [1.29, 1.82) is 0 Å². The van der Waals surface area contributed by atoms with E-state index in [1.807, 2.05) is 26.0 Å². The Kier molecular flexibility index (Phi) is 6.05. The van der Waals surface area contributed by atoms with Gasteiger partial charge in [0.2, 0.25) is 0 Å². The van der Waals surface area contributed by atoms with Gasteiger partial charge in [0.1, 0.15) is 18.5 Å². The third kappa shape index (κ3) is 5.64. The zero-order valence-corrected chi connectivity index (χ0v) is 13.2. The molecule has 0 fully saturated rings. The van der Waals surface area contributed by atoms with Gasteiger partial charge in [-0.05, 0) is 36.5 Å². The van der Waals surface area contributed by atoms with E-state index >= 15 is 0 Å².